The second kappa shape index (κ2) is 7.64. The van der Waals surface area contributed by atoms with Crippen LogP contribution in [0, 0.1) is 11.8 Å². The van der Waals surface area contributed by atoms with Gasteiger partial charge in [-0.1, -0.05) is 17.9 Å². The highest BCUT2D eigenvalue weighted by molar-refractivity contribution is 5.95. The lowest BCUT2D eigenvalue weighted by atomic mass is 10.1. The predicted octanol–water partition coefficient (Wildman–Crippen LogP) is 1.25. The summed E-state index contributed by atoms with van der Waals surface area (Å²) in [7, 11) is 1.76. The highest BCUT2D eigenvalue weighted by atomic mass is 16.2. The number of aromatic nitrogens is 3. The van der Waals surface area contributed by atoms with Crippen molar-refractivity contribution in [3.63, 3.8) is 0 Å². The van der Waals surface area contributed by atoms with Gasteiger partial charge in [0, 0.05) is 30.4 Å². The van der Waals surface area contributed by atoms with E-state index in [4.69, 9.17) is 5.73 Å². The fourth-order valence-electron chi connectivity index (χ4n) is 3.07. The highest BCUT2D eigenvalue weighted by Gasteiger charge is 2.23. The molecule has 2 aromatic heterocycles. The van der Waals surface area contributed by atoms with E-state index in [2.05, 4.69) is 32.4 Å². The van der Waals surface area contributed by atoms with E-state index in [9.17, 15) is 9.59 Å². The van der Waals surface area contributed by atoms with Crippen molar-refractivity contribution in [2.75, 3.05) is 12.4 Å². The second-order valence-electron chi connectivity index (χ2n) is 6.89. The first-order valence-electron chi connectivity index (χ1n) is 9.28. The number of amides is 2. The largest absolute Gasteiger partial charge is 0.372 e. The quantitative estimate of drug-likeness (QED) is 0.569. The van der Waals surface area contributed by atoms with Crippen molar-refractivity contribution >= 4 is 28.7 Å². The number of anilines is 1. The van der Waals surface area contributed by atoms with Gasteiger partial charge in [-0.15, -0.1) is 0 Å². The van der Waals surface area contributed by atoms with Crippen LogP contribution in [0.1, 0.15) is 34.3 Å². The first kappa shape index (κ1) is 18.5. The maximum absolute atomic E-state index is 12.3. The first-order valence-corrected chi connectivity index (χ1v) is 9.28. The third-order valence-electron chi connectivity index (χ3n) is 4.60. The first-order chi connectivity index (χ1) is 14.0. The van der Waals surface area contributed by atoms with Gasteiger partial charge in [-0.3, -0.25) is 9.59 Å². The van der Waals surface area contributed by atoms with E-state index in [1.807, 2.05) is 12.1 Å². The number of hydrogen-bond donors (Lipinski definition) is 3. The third kappa shape index (κ3) is 4.04. The van der Waals surface area contributed by atoms with E-state index < -0.39 is 5.91 Å². The fraction of sp³-hybridized carbons (Fsp3) is 0.238. The van der Waals surface area contributed by atoms with Crippen LogP contribution in [0.5, 0.6) is 0 Å². The van der Waals surface area contributed by atoms with Gasteiger partial charge in [0.2, 0.25) is 5.91 Å². The van der Waals surface area contributed by atoms with Crippen molar-refractivity contribution in [1.29, 1.82) is 0 Å². The van der Waals surface area contributed by atoms with Crippen molar-refractivity contribution in [2.24, 2.45) is 5.73 Å². The minimum Gasteiger partial charge on any atom is -0.372 e. The Labute approximate surface area is 167 Å². The van der Waals surface area contributed by atoms with Gasteiger partial charge in [-0.2, -0.15) is 0 Å². The van der Waals surface area contributed by atoms with E-state index in [1.54, 1.807) is 29.9 Å². The summed E-state index contributed by atoms with van der Waals surface area (Å²) in [5, 5.41) is 6.71. The number of hydrogen-bond acceptors (Lipinski definition) is 5. The molecule has 3 aromatic rings. The van der Waals surface area contributed by atoms with Crippen LogP contribution in [0.2, 0.25) is 0 Å². The lowest BCUT2D eigenvalue weighted by Gasteiger charge is -2.03. The molecule has 4 rings (SSSR count). The van der Waals surface area contributed by atoms with Crippen LogP contribution < -0.4 is 16.4 Å². The topological polar surface area (TPSA) is 115 Å². The van der Waals surface area contributed by atoms with Crippen LogP contribution in [0.15, 0.2) is 36.8 Å². The molecule has 8 heteroatoms. The number of fused-ring (bicyclic) bond motifs is 1. The summed E-state index contributed by atoms with van der Waals surface area (Å²) < 4.78 is 1.66. The number of benzene rings is 1. The van der Waals surface area contributed by atoms with Gasteiger partial charge in [0.25, 0.3) is 5.91 Å². The number of nitrogens with one attached hydrogen (secondary N) is 2. The fourth-order valence-corrected chi connectivity index (χ4v) is 3.07. The predicted molar refractivity (Wildman–Crippen MR) is 109 cm³/mol. The summed E-state index contributed by atoms with van der Waals surface area (Å²) in [6.45, 7) is -0.00479. The van der Waals surface area contributed by atoms with Gasteiger partial charge in [-0.25, -0.2) is 9.97 Å². The summed E-state index contributed by atoms with van der Waals surface area (Å²) in [5.41, 5.74) is 7.89. The summed E-state index contributed by atoms with van der Waals surface area (Å²) >= 11 is 0. The normalized spacial score (nSPS) is 12.9. The minimum absolute atomic E-state index is 0.00479. The Morgan fingerprint density at radius 2 is 2.10 bits per heavy atom. The van der Waals surface area contributed by atoms with E-state index in [0.717, 1.165) is 12.8 Å². The molecule has 146 valence electrons. The molecule has 0 saturated heterocycles. The molecule has 0 atom stereocenters. The van der Waals surface area contributed by atoms with Crippen LogP contribution in [-0.2, 0) is 11.3 Å². The highest BCUT2D eigenvalue weighted by Crippen LogP contribution is 2.25. The van der Waals surface area contributed by atoms with Gasteiger partial charge in [0.05, 0.1) is 10.9 Å². The smallest absolute Gasteiger partial charge is 0.251 e. The second-order valence-corrected chi connectivity index (χ2v) is 6.89. The molecule has 1 aliphatic carbocycles. The van der Waals surface area contributed by atoms with Gasteiger partial charge < -0.3 is 20.9 Å². The number of nitrogens with zero attached hydrogens (tertiary/aromatic N) is 3. The number of carbonyl (C=O) groups excluding carboxylic acids is 2. The van der Waals surface area contributed by atoms with Crippen LogP contribution in [0.25, 0.3) is 11.0 Å². The Bertz CT molecular complexity index is 1170. The Morgan fingerprint density at radius 1 is 1.28 bits per heavy atom. The zero-order chi connectivity index (χ0) is 20.4. The zero-order valence-corrected chi connectivity index (χ0v) is 15.9. The lowest BCUT2D eigenvalue weighted by Crippen LogP contribution is -2.25. The summed E-state index contributed by atoms with van der Waals surface area (Å²) in [4.78, 5) is 32.2. The Hall–Kier alpha value is -3.86. The van der Waals surface area contributed by atoms with E-state index in [1.165, 1.54) is 6.33 Å². The lowest BCUT2D eigenvalue weighted by molar-refractivity contribution is -0.118. The number of primary amides is 1. The van der Waals surface area contributed by atoms with Gasteiger partial charge >= 0.3 is 0 Å². The van der Waals surface area contributed by atoms with Gasteiger partial charge in [0.15, 0.2) is 0 Å². The maximum Gasteiger partial charge on any atom is 0.251 e. The molecular weight excluding hydrogens is 368 g/mol. The molecule has 0 bridgehead atoms. The van der Waals surface area contributed by atoms with E-state index in [0.29, 0.717) is 39.6 Å². The monoisotopic (exact) mass is 388 g/mol. The molecular formula is C21H20N6O2. The molecule has 29 heavy (non-hydrogen) atoms. The van der Waals surface area contributed by atoms with Gasteiger partial charge in [-0.05, 0) is 31.0 Å². The summed E-state index contributed by atoms with van der Waals surface area (Å²) in [6, 6.07) is 7.49. The molecule has 0 aliphatic heterocycles. The van der Waals surface area contributed by atoms with Crippen molar-refractivity contribution in [2.45, 2.75) is 25.4 Å². The third-order valence-corrected chi connectivity index (χ3v) is 4.60. The molecule has 8 nitrogen and oxygen atoms in total. The van der Waals surface area contributed by atoms with Crippen molar-refractivity contribution < 1.29 is 9.59 Å². The van der Waals surface area contributed by atoms with Crippen molar-refractivity contribution in [1.82, 2.24) is 19.9 Å². The Morgan fingerprint density at radius 3 is 2.83 bits per heavy atom. The molecule has 1 fully saturated rings. The Balaban J connectivity index is 1.71. The molecule has 2 amide bonds. The average Bonchev–Trinajstić information content (AvgIpc) is 3.47. The molecule has 1 aliphatic rings. The van der Waals surface area contributed by atoms with Crippen LogP contribution in [0.4, 0.5) is 5.82 Å². The van der Waals surface area contributed by atoms with Crippen LogP contribution in [0.3, 0.4) is 0 Å². The zero-order valence-electron chi connectivity index (χ0n) is 15.9. The molecule has 0 spiro atoms. The Kier molecular flexibility index (Phi) is 4.87. The van der Waals surface area contributed by atoms with E-state index >= 15 is 0 Å². The SMILES string of the molecule is CNc1ncnc2c1c(C#Cc1cccc(C(=O)NC3CC3)c1)cn2CC(N)=O. The maximum atomic E-state index is 12.3. The van der Waals surface area contributed by atoms with E-state index in [-0.39, 0.29) is 12.5 Å². The van der Waals surface area contributed by atoms with Crippen molar-refractivity contribution in [3.05, 3.63) is 53.5 Å². The number of nitrogens with two attached hydrogens (primary N) is 1. The molecule has 0 unspecified atom stereocenters. The standard InChI is InChI=1S/C21H20N6O2/c1-23-19-18-15(10-27(11-17(22)28)20(18)25-12-24-19)6-5-13-3-2-4-14(9-13)21(29)26-16-7-8-16/h2-4,9-10,12,16H,7-8,11H2,1H3,(H2,22,28)(H,26,29)(H,23,24,25). The summed E-state index contributed by atoms with van der Waals surface area (Å²) in [5.74, 6) is 6.27. The molecule has 1 saturated carbocycles. The van der Waals surface area contributed by atoms with Crippen LogP contribution in [-0.4, -0.2) is 39.4 Å². The minimum atomic E-state index is -0.472. The van der Waals surface area contributed by atoms with Crippen molar-refractivity contribution in [3.8, 4) is 11.8 Å². The number of rotatable bonds is 5. The molecule has 1 aromatic carbocycles. The van der Waals surface area contributed by atoms with Gasteiger partial charge in [0.1, 0.15) is 24.3 Å². The molecule has 0 radical (unpaired) electrons. The molecule has 2 heterocycles. The number of carbonyl (C=O) groups is 2. The van der Waals surface area contributed by atoms with Crippen LogP contribution >= 0.6 is 0 Å². The average molecular weight is 388 g/mol. The molecule has 4 N–H and O–H groups in total. The summed E-state index contributed by atoms with van der Waals surface area (Å²) in [6.07, 6.45) is 5.24.